The van der Waals surface area contributed by atoms with Crippen molar-refractivity contribution in [3.63, 3.8) is 0 Å². The van der Waals surface area contributed by atoms with Crippen LogP contribution >= 0.6 is 0 Å². The Balaban J connectivity index is 2.02. The lowest BCUT2D eigenvalue weighted by Gasteiger charge is -2.18. The van der Waals surface area contributed by atoms with Gasteiger partial charge in [0.1, 0.15) is 6.04 Å². The quantitative estimate of drug-likeness (QED) is 0.892. The van der Waals surface area contributed by atoms with Crippen molar-refractivity contribution in [2.75, 3.05) is 18.0 Å². The van der Waals surface area contributed by atoms with E-state index in [1.54, 1.807) is 4.90 Å². The van der Waals surface area contributed by atoms with E-state index in [1.165, 1.54) is 0 Å². The molecule has 5 nitrogen and oxygen atoms in total. The minimum Gasteiger partial charge on any atom is -0.338 e. The molecule has 0 bridgehead atoms. The van der Waals surface area contributed by atoms with Gasteiger partial charge in [0.05, 0.1) is 0 Å². The van der Waals surface area contributed by atoms with Gasteiger partial charge < -0.3 is 15.5 Å². The fraction of sp³-hybridized carbons (Fsp3) is 0.500. The van der Waals surface area contributed by atoms with Gasteiger partial charge in [-0.25, -0.2) is 4.79 Å². The molecule has 1 fully saturated rings. The van der Waals surface area contributed by atoms with E-state index < -0.39 is 6.04 Å². The molecule has 1 aliphatic heterocycles. The maximum atomic E-state index is 12.4. The van der Waals surface area contributed by atoms with Crippen molar-refractivity contribution in [3.8, 4) is 0 Å². The molecule has 1 saturated heterocycles. The topological polar surface area (TPSA) is 61.4 Å². The number of urea groups is 1. The number of hydrogen-bond acceptors (Lipinski definition) is 2. The average molecular weight is 289 g/mol. The van der Waals surface area contributed by atoms with Gasteiger partial charge in [-0.1, -0.05) is 13.0 Å². The van der Waals surface area contributed by atoms with E-state index in [9.17, 15) is 9.59 Å². The zero-order valence-corrected chi connectivity index (χ0v) is 12.9. The lowest BCUT2D eigenvalue weighted by Crippen LogP contribution is -2.46. The van der Waals surface area contributed by atoms with Gasteiger partial charge in [0.2, 0.25) is 5.91 Å². The first-order chi connectivity index (χ1) is 10.0. The van der Waals surface area contributed by atoms with Crippen LogP contribution in [0.5, 0.6) is 0 Å². The van der Waals surface area contributed by atoms with Crippen LogP contribution in [0.3, 0.4) is 0 Å². The number of carbonyl (C=O) groups excluding carboxylic acids is 2. The Labute approximate surface area is 125 Å². The number of benzene rings is 1. The van der Waals surface area contributed by atoms with Crippen LogP contribution in [-0.2, 0) is 4.79 Å². The molecule has 2 N–H and O–H groups in total. The Bertz CT molecular complexity index is 522. The van der Waals surface area contributed by atoms with Crippen molar-refractivity contribution in [2.24, 2.45) is 0 Å². The van der Waals surface area contributed by atoms with Gasteiger partial charge >= 0.3 is 6.03 Å². The summed E-state index contributed by atoms with van der Waals surface area (Å²) in [5, 5.41) is 5.48. The summed E-state index contributed by atoms with van der Waals surface area (Å²) in [7, 11) is 0. The minimum absolute atomic E-state index is 0.0355. The van der Waals surface area contributed by atoms with Crippen LogP contribution in [0, 0.1) is 13.8 Å². The zero-order chi connectivity index (χ0) is 15.4. The highest BCUT2D eigenvalue weighted by Crippen LogP contribution is 2.24. The molecule has 1 heterocycles. The standard InChI is InChI=1S/C16H23N3O2/c1-4-6-17-16(21)18-14-5-7-19(15(14)20)13-9-11(2)8-12(3)10-13/h8-10,14H,4-7H2,1-3H3,(H2,17,18,21). The van der Waals surface area contributed by atoms with Crippen molar-refractivity contribution in [1.82, 2.24) is 10.6 Å². The first kappa shape index (κ1) is 15.4. The highest BCUT2D eigenvalue weighted by Gasteiger charge is 2.33. The fourth-order valence-electron chi connectivity index (χ4n) is 2.62. The number of nitrogens with one attached hydrogen (secondary N) is 2. The van der Waals surface area contributed by atoms with Crippen LogP contribution < -0.4 is 15.5 Å². The molecule has 1 atom stereocenters. The smallest absolute Gasteiger partial charge is 0.315 e. The van der Waals surface area contributed by atoms with Crippen LogP contribution in [-0.4, -0.2) is 31.1 Å². The Morgan fingerprint density at radius 2 is 1.95 bits per heavy atom. The number of anilines is 1. The lowest BCUT2D eigenvalue weighted by atomic mass is 10.1. The molecule has 0 saturated carbocycles. The first-order valence-electron chi connectivity index (χ1n) is 7.45. The summed E-state index contributed by atoms with van der Waals surface area (Å²) in [6.45, 7) is 7.28. The van der Waals surface area contributed by atoms with Crippen molar-refractivity contribution in [1.29, 1.82) is 0 Å². The van der Waals surface area contributed by atoms with Crippen LogP contribution in [0.25, 0.3) is 0 Å². The molecule has 1 unspecified atom stereocenters. The van der Waals surface area contributed by atoms with Gasteiger partial charge in [0, 0.05) is 18.8 Å². The third kappa shape index (κ3) is 3.74. The minimum atomic E-state index is -0.428. The van der Waals surface area contributed by atoms with Crippen LogP contribution in [0.15, 0.2) is 18.2 Å². The molecule has 0 aromatic heterocycles. The summed E-state index contributed by atoms with van der Waals surface area (Å²) in [4.78, 5) is 25.8. The Morgan fingerprint density at radius 3 is 2.57 bits per heavy atom. The molecule has 1 aromatic carbocycles. The molecule has 2 rings (SSSR count). The Morgan fingerprint density at radius 1 is 1.29 bits per heavy atom. The van der Waals surface area contributed by atoms with E-state index in [0.29, 0.717) is 19.5 Å². The van der Waals surface area contributed by atoms with E-state index in [0.717, 1.165) is 23.2 Å². The second kappa shape index (κ2) is 6.61. The van der Waals surface area contributed by atoms with Crippen molar-refractivity contribution < 1.29 is 9.59 Å². The van der Waals surface area contributed by atoms with E-state index in [-0.39, 0.29) is 11.9 Å². The molecule has 1 aromatic rings. The molecule has 5 heteroatoms. The van der Waals surface area contributed by atoms with Crippen molar-refractivity contribution in [2.45, 2.75) is 39.7 Å². The van der Waals surface area contributed by atoms with Crippen LogP contribution in [0.1, 0.15) is 30.9 Å². The van der Waals surface area contributed by atoms with Gasteiger partial charge in [0.15, 0.2) is 0 Å². The maximum Gasteiger partial charge on any atom is 0.315 e. The zero-order valence-electron chi connectivity index (χ0n) is 12.9. The van der Waals surface area contributed by atoms with E-state index in [1.807, 2.05) is 32.9 Å². The number of hydrogen-bond donors (Lipinski definition) is 2. The molecule has 0 radical (unpaired) electrons. The molecule has 0 aliphatic carbocycles. The Hall–Kier alpha value is -2.04. The third-order valence-electron chi connectivity index (χ3n) is 3.56. The SMILES string of the molecule is CCCNC(=O)NC1CCN(c2cc(C)cc(C)c2)C1=O. The lowest BCUT2D eigenvalue weighted by molar-refractivity contribution is -0.118. The van der Waals surface area contributed by atoms with Crippen LogP contribution in [0.2, 0.25) is 0 Å². The number of nitrogens with zero attached hydrogens (tertiary/aromatic N) is 1. The normalized spacial score (nSPS) is 18.0. The first-order valence-corrected chi connectivity index (χ1v) is 7.45. The molecule has 21 heavy (non-hydrogen) atoms. The monoisotopic (exact) mass is 289 g/mol. The molecule has 114 valence electrons. The largest absolute Gasteiger partial charge is 0.338 e. The summed E-state index contributed by atoms with van der Waals surface area (Å²) in [6.07, 6.45) is 1.52. The van der Waals surface area contributed by atoms with Gasteiger partial charge in [-0.05, 0) is 49.9 Å². The van der Waals surface area contributed by atoms with Crippen LogP contribution in [0.4, 0.5) is 10.5 Å². The second-order valence-corrected chi connectivity index (χ2v) is 5.58. The van der Waals surface area contributed by atoms with Gasteiger partial charge in [0.25, 0.3) is 0 Å². The average Bonchev–Trinajstić information content (AvgIpc) is 2.77. The maximum absolute atomic E-state index is 12.4. The fourth-order valence-corrected chi connectivity index (χ4v) is 2.62. The third-order valence-corrected chi connectivity index (χ3v) is 3.56. The second-order valence-electron chi connectivity index (χ2n) is 5.58. The predicted molar refractivity (Wildman–Crippen MR) is 83.5 cm³/mol. The van der Waals surface area contributed by atoms with E-state index in [4.69, 9.17) is 0 Å². The van der Waals surface area contributed by atoms with E-state index >= 15 is 0 Å². The molecule has 3 amide bonds. The molecular weight excluding hydrogens is 266 g/mol. The summed E-state index contributed by atoms with van der Waals surface area (Å²) >= 11 is 0. The van der Waals surface area contributed by atoms with Gasteiger partial charge in [-0.2, -0.15) is 0 Å². The van der Waals surface area contributed by atoms with Crippen molar-refractivity contribution >= 4 is 17.6 Å². The molecule has 0 spiro atoms. The Kier molecular flexibility index (Phi) is 4.83. The number of amides is 3. The number of rotatable bonds is 4. The summed E-state index contributed by atoms with van der Waals surface area (Å²) in [5.41, 5.74) is 3.18. The van der Waals surface area contributed by atoms with E-state index in [2.05, 4.69) is 16.7 Å². The summed E-state index contributed by atoms with van der Waals surface area (Å²) < 4.78 is 0. The summed E-state index contributed by atoms with van der Waals surface area (Å²) in [5.74, 6) is -0.0355. The summed E-state index contributed by atoms with van der Waals surface area (Å²) in [6, 6.07) is 5.40. The molecular formula is C16H23N3O2. The molecule has 1 aliphatic rings. The van der Waals surface area contributed by atoms with Gasteiger partial charge in [-0.15, -0.1) is 0 Å². The highest BCUT2D eigenvalue weighted by atomic mass is 16.2. The number of aryl methyl sites for hydroxylation is 2. The van der Waals surface area contributed by atoms with Crippen molar-refractivity contribution in [3.05, 3.63) is 29.3 Å². The van der Waals surface area contributed by atoms with Gasteiger partial charge in [-0.3, -0.25) is 4.79 Å². The predicted octanol–water partition coefficient (Wildman–Crippen LogP) is 2.12. The number of carbonyl (C=O) groups is 2. The highest BCUT2D eigenvalue weighted by molar-refractivity contribution is 6.01.